The van der Waals surface area contributed by atoms with Crippen LogP contribution in [0.25, 0.3) is 0 Å². The Morgan fingerprint density at radius 1 is 1.06 bits per heavy atom. The molecular formula is C13H26N2S. The standard InChI is InChI=1S/C13H26N2S/c1-2-13-5-3-4-6-15(13)8-7-14-9-11-16-12-10-14/h13H,2-12H2,1H3. The molecule has 2 fully saturated rings. The van der Waals surface area contributed by atoms with Crippen LogP contribution >= 0.6 is 11.8 Å². The van der Waals surface area contributed by atoms with Crippen LogP contribution in [-0.2, 0) is 0 Å². The molecule has 2 nitrogen and oxygen atoms in total. The van der Waals surface area contributed by atoms with Crippen LogP contribution in [0.2, 0.25) is 0 Å². The predicted octanol–water partition coefficient (Wildman–Crippen LogP) is 2.30. The second kappa shape index (κ2) is 6.87. The van der Waals surface area contributed by atoms with Crippen LogP contribution in [0.5, 0.6) is 0 Å². The van der Waals surface area contributed by atoms with Crippen molar-refractivity contribution in [3.8, 4) is 0 Å². The van der Waals surface area contributed by atoms with Crippen molar-refractivity contribution < 1.29 is 0 Å². The highest BCUT2D eigenvalue weighted by Gasteiger charge is 2.21. The summed E-state index contributed by atoms with van der Waals surface area (Å²) in [5, 5.41) is 0. The van der Waals surface area contributed by atoms with Crippen LogP contribution in [0.15, 0.2) is 0 Å². The zero-order chi connectivity index (χ0) is 11.2. The molecule has 2 heterocycles. The largest absolute Gasteiger partial charge is 0.300 e. The van der Waals surface area contributed by atoms with Gasteiger partial charge in [0.05, 0.1) is 0 Å². The zero-order valence-corrected chi connectivity index (χ0v) is 11.5. The highest BCUT2D eigenvalue weighted by Crippen LogP contribution is 2.19. The SMILES string of the molecule is CCC1CCCCN1CCN1CCSCC1. The summed E-state index contributed by atoms with van der Waals surface area (Å²) >= 11 is 2.11. The molecule has 0 saturated carbocycles. The Hall–Kier alpha value is 0.270. The lowest BCUT2D eigenvalue weighted by Crippen LogP contribution is -2.45. The van der Waals surface area contributed by atoms with Crippen molar-refractivity contribution in [2.75, 3.05) is 44.2 Å². The average Bonchev–Trinajstić information content (AvgIpc) is 2.38. The fraction of sp³-hybridized carbons (Fsp3) is 1.00. The van der Waals surface area contributed by atoms with Gasteiger partial charge in [-0.25, -0.2) is 0 Å². The Kier molecular flexibility index (Phi) is 5.46. The van der Waals surface area contributed by atoms with Gasteiger partial charge in [-0.1, -0.05) is 13.3 Å². The van der Waals surface area contributed by atoms with E-state index in [2.05, 4.69) is 28.5 Å². The van der Waals surface area contributed by atoms with E-state index < -0.39 is 0 Å². The molecule has 0 N–H and O–H groups in total. The molecule has 0 amide bonds. The van der Waals surface area contributed by atoms with Gasteiger partial charge < -0.3 is 4.90 Å². The first-order valence-corrected chi connectivity index (χ1v) is 8.09. The van der Waals surface area contributed by atoms with Gasteiger partial charge in [-0.15, -0.1) is 0 Å². The van der Waals surface area contributed by atoms with Gasteiger partial charge in [0.2, 0.25) is 0 Å². The first-order valence-electron chi connectivity index (χ1n) is 6.94. The summed E-state index contributed by atoms with van der Waals surface area (Å²) in [6.45, 7) is 8.94. The van der Waals surface area contributed by atoms with Gasteiger partial charge in [0.15, 0.2) is 0 Å². The summed E-state index contributed by atoms with van der Waals surface area (Å²) in [6, 6.07) is 0.882. The van der Waals surface area contributed by atoms with Gasteiger partial charge in [0, 0.05) is 43.7 Å². The summed E-state index contributed by atoms with van der Waals surface area (Å²) in [5.41, 5.74) is 0. The fourth-order valence-electron chi connectivity index (χ4n) is 2.91. The third kappa shape index (κ3) is 3.64. The first kappa shape index (κ1) is 12.7. The van der Waals surface area contributed by atoms with Gasteiger partial charge in [0.1, 0.15) is 0 Å². The molecule has 0 spiro atoms. The van der Waals surface area contributed by atoms with Gasteiger partial charge in [-0.05, 0) is 25.8 Å². The Morgan fingerprint density at radius 2 is 1.88 bits per heavy atom. The average molecular weight is 242 g/mol. The van der Waals surface area contributed by atoms with E-state index in [4.69, 9.17) is 0 Å². The normalized spacial score (nSPS) is 29.4. The minimum Gasteiger partial charge on any atom is -0.300 e. The lowest BCUT2D eigenvalue weighted by atomic mass is 10.0. The third-order valence-corrected chi connectivity index (χ3v) is 4.97. The van der Waals surface area contributed by atoms with Crippen LogP contribution in [0.3, 0.4) is 0 Å². The van der Waals surface area contributed by atoms with Crippen molar-refractivity contribution in [2.24, 2.45) is 0 Å². The van der Waals surface area contributed by atoms with Crippen molar-refractivity contribution >= 4 is 11.8 Å². The fourth-order valence-corrected chi connectivity index (χ4v) is 3.89. The third-order valence-electron chi connectivity index (χ3n) is 4.03. The highest BCUT2D eigenvalue weighted by molar-refractivity contribution is 7.99. The van der Waals surface area contributed by atoms with Crippen LogP contribution in [0.1, 0.15) is 32.6 Å². The van der Waals surface area contributed by atoms with Gasteiger partial charge >= 0.3 is 0 Å². The Bertz CT molecular complexity index is 192. The maximum absolute atomic E-state index is 2.74. The molecule has 0 aliphatic carbocycles. The number of thioether (sulfide) groups is 1. The van der Waals surface area contributed by atoms with Gasteiger partial charge in [-0.3, -0.25) is 4.90 Å². The molecule has 1 atom stereocenters. The lowest BCUT2D eigenvalue weighted by molar-refractivity contribution is 0.125. The van der Waals surface area contributed by atoms with Crippen molar-refractivity contribution in [3.63, 3.8) is 0 Å². The summed E-state index contributed by atoms with van der Waals surface area (Å²) in [4.78, 5) is 5.39. The number of likely N-dealkylation sites (tertiary alicyclic amines) is 1. The molecule has 2 aliphatic rings. The number of nitrogens with zero attached hydrogens (tertiary/aromatic N) is 2. The molecule has 0 radical (unpaired) electrons. The Morgan fingerprint density at radius 3 is 2.62 bits per heavy atom. The summed E-state index contributed by atoms with van der Waals surface area (Å²) < 4.78 is 0. The van der Waals surface area contributed by atoms with Gasteiger partial charge in [-0.2, -0.15) is 11.8 Å². The minimum atomic E-state index is 0.882. The monoisotopic (exact) mass is 242 g/mol. The number of hydrogen-bond acceptors (Lipinski definition) is 3. The van der Waals surface area contributed by atoms with Crippen LogP contribution in [0, 0.1) is 0 Å². The maximum atomic E-state index is 2.74. The van der Waals surface area contributed by atoms with Crippen molar-refractivity contribution in [1.82, 2.24) is 9.80 Å². The second-order valence-electron chi connectivity index (χ2n) is 5.05. The molecular weight excluding hydrogens is 216 g/mol. The smallest absolute Gasteiger partial charge is 0.0112 e. The predicted molar refractivity (Wildman–Crippen MR) is 73.3 cm³/mol. The zero-order valence-electron chi connectivity index (χ0n) is 10.7. The van der Waals surface area contributed by atoms with Gasteiger partial charge in [0.25, 0.3) is 0 Å². The van der Waals surface area contributed by atoms with E-state index in [9.17, 15) is 0 Å². The van der Waals surface area contributed by atoms with Crippen LogP contribution < -0.4 is 0 Å². The van der Waals surface area contributed by atoms with E-state index in [0.29, 0.717) is 0 Å². The molecule has 2 aliphatic heterocycles. The molecule has 2 saturated heterocycles. The molecule has 3 heteroatoms. The minimum absolute atomic E-state index is 0.882. The topological polar surface area (TPSA) is 6.48 Å². The van der Waals surface area contributed by atoms with E-state index in [-0.39, 0.29) is 0 Å². The summed E-state index contributed by atoms with van der Waals surface area (Å²) in [7, 11) is 0. The van der Waals surface area contributed by atoms with Crippen molar-refractivity contribution in [1.29, 1.82) is 0 Å². The van der Waals surface area contributed by atoms with E-state index in [1.807, 2.05) is 0 Å². The second-order valence-corrected chi connectivity index (χ2v) is 6.27. The van der Waals surface area contributed by atoms with E-state index in [0.717, 1.165) is 6.04 Å². The quantitative estimate of drug-likeness (QED) is 0.747. The molecule has 0 aromatic carbocycles. The summed E-state index contributed by atoms with van der Waals surface area (Å²) in [5.74, 6) is 2.69. The molecule has 16 heavy (non-hydrogen) atoms. The molecule has 1 unspecified atom stereocenters. The number of hydrogen-bond donors (Lipinski definition) is 0. The Labute approximate surface area is 105 Å². The van der Waals surface area contributed by atoms with Crippen LogP contribution in [-0.4, -0.2) is 60.1 Å². The van der Waals surface area contributed by atoms with E-state index >= 15 is 0 Å². The lowest BCUT2D eigenvalue weighted by Gasteiger charge is -2.37. The maximum Gasteiger partial charge on any atom is 0.0112 e. The number of piperidine rings is 1. The van der Waals surface area contributed by atoms with E-state index in [1.54, 1.807) is 0 Å². The molecule has 0 aromatic heterocycles. The van der Waals surface area contributed by atoms with Crippen LogP contribution in [0.4, 0.5) is 0 Å². The Balaban J connectivity index is 1.70. The first-order chi connectivity index (χ1) is 7.90. The highest BCUT2D eigenvalue weighted by atomic mass is 32.2. The molecule has 2 rings (SSSR count). The molecule has 0 aromatic rings. The molecule has 94 valence electrons. The van der Waals surface area contributed by atoms with Crippen molar-refractivity contribution in [2.45, 2.75) is 38.6 Å². The molecule has 0 bridgehead atoms. The van der Waals surface area contributed by atoms with E-state index in [1.165, 1.54) is 69.9 Å². The van der Waals surface area contributed by atoms with Crippen molar-refractivity contribution in [3.05, 3.63) is 0 Å². The number of rotatable bonds is 4. The summed E-state index contributed by atoms with van der Waals surface area (Å²) in [6.07, 6.45) is 5.66.